The summed E-state index contributed by atoms with van der Waals surface area (Å²) in [5, 5.41) is 15.7. The number of aliphatic hydroxyl groups excluding tert-OH is 1. The predicted molar refractivity (Wildman–Crippen MR) is 101 cm³/mol. The smallest absolute Gasteiger partial charge is 0.191 e. The van der Waals surface area contributed by atoms with Crippen molar-refractivity contribution in [1.82, 2.24) is 10.6 Å². The molecule has 3 unspecified atom stereocenters. The van der Waals surface area contributed by atoms with Crippen molar-refractivity contribution in [3.8, 4) is 0 Å². The molecule has 126 valence electrons. The molecule has 0 radical (unpaired) electrons. The van der Waals surface area contributed by atoms with Gasteiger partial charge in [0, 0.05) is 26.2 Å². The van der Waals surface area contributed by atoms with Crippen molar-refractivity contribution in [3.63, 3.8) is 0 Å². The van der Waals surface area contributed by atoms with E-state index < -0.39 is 0 Å². The van der Waals surface area contributed by atoms with E-state index >= 15 is 0 Å². The van der Waals surface area contributed by atoms with Gasteiger partial charge in [-0.2, -0.15) is 0 Å². The lowest BCUT2D eigenvalue weighted by molar-refractivity contribution is 0.241. The molecule has 1 rings (SSSR count). The minimum absolute atomic E-state index is 0. The average molecular weight is 411 g/mol. The zero-order chi connectivity index (χ0) is 14.8. The third-order valence-electron chi connectivity index (χ3n) is 4.11. The summed E-state index contributed by atoms with van der Waals surface area (Å²) < 4.78 is 0. The van der Waals surface area contributed by atoms with Gasteiger partial charge in [0.15, 0.2) is 5.96 Å². The fourth-order valence-corrected chi connectivity index (χ4v) is 2.86. The van der Waals surface area contributed by atoms with Crippen LogP contribution in [0.2, 0.25) is 0 Å². The monoisotopic (exact) mass is 411 g/mol. The summed E-state index contributed by atoms with van der Waals surface area (Å²) in [7, 11) is 0. The normalized spacial score (nSPS) is 24.1. The Balaban J connectivity index is 0.00000400. The van der Waals surface area contributed by atoms with E-state index in [0.29, 0.717) is 6.54 Å². The van der Waals surface area contributed by atoms with Crippen molar-refractivity contribution < 1.29 is 5.11 Å². The van der Waals surface area contributed by atoms with E-state index in [2.05, 4.69) is 29.5 Å². The standard InChI is InChI=1S/C16H33N3O.HI/c1-4-17-16(19-11-14(3)12-20)18-9-8-15-7-5-6-13(2)10-15;/h13-15,20H,4-12H2,1-3H3,(H2,17,18,19);1H. The molecule has 1 fully saturated rings. The Bertz CT molecular complexity index is 287. The fourth-order valence-electron chi connectivity index (χ4n) is 2.86. The van der Waals surface area contributed by atoms with Gasteiger partial charge in [-0.3, -0.25) is 4.99 Å². The van der Waals surface area contributed by atoms with Crippen LogP contribution in [0.5, 0.6) is 0 Å². The Morgan fingerprint density at radius 2 is 2.10 bits per heavy atom. The molecule has 5 heteroatoms. The molecule has 21 heavy (non-hydrogen) atoms. The van der Waals surface area contributed by atoms with E-state index in [1.807, 2.05) is 6.92 Å². The van der Waals surface area contributed by atoms with Gasteiger partial charge < -0.3 is 15.7 Å². The molecule has 0 aromatic heterocycles. The van der Waals surface area contributed by atoms with Gasteiger partial charge >= 0.3 is 0 Å². The Morgan fingerprint density at radius 1 is 1.33 bits per heavy atom. The Kier molecular flexibility index (Phi) is 12.5. The minimum Gasteiger partial charge on any atom is -0.396 e. The SMILES string of the molecule is CCNC(=NCC(C)CO)NCCC1CCCC(C)C1.I. The van der Waals surface area contributed by atoms with Gasteiger partial charge in [0.25, 0.3) is 0 Å². The van der Waals surface area contributed by atoms with Gasteiger partial charge in [0.1, 0.15) is 0 Å². The van der Waals surface area contributed by atoms with Gasteiger partial charge in [-0.1, -0.05) is 33.1 Å². The van der Waals surface area contributed by atoms with Gasteiger partial charge in [-0.25, -0.2) is 0 Å². The van der Waals surface area contributed by atoms with Crippen molar-refractivity contribution in [2.24, 2.45) is 22.7 Å². The maximum Gasteiger partial charge on any atom is 0.191 e. The summed E-state index contributed by atoms with van der Waals surface area (Å²) >= 11 is 0. The number of aliphatic imine (C=N–C) groups is 1. The fraction of sp³-hybridized carbons (Fsp3) is 0.938. The average Bonchev–Trinajstić information content (AvgIpc) is 2.44. The highest BCUT2D eigenvalue weighted by atomic mass is 127. The molecule has 0 aromatic rings. The van der Waals surface area contributed by atoms with E-state index in [-0.39, 0.29) is 36.5 Å². The molecule has 1 aliphatic carbocycles. The first-order chi connectivity index (χ1) is 9.65. The van der Waals surface area contributed by atoms with E-state index in [0.717, 1.165) is 30.9 Å². The summed E-state index contributed by atoms with van der Waals surface area (Å²) in [4.78, 5) is 4.52. The lowest BCUT2D eigenvalue weighted by Crippen LogP contribution is -2.38. The van der Waals surface area contributed by atoms with Crippen molar-refractivity contribution in [3.05, 3.63) is 0 Å². The molecule has 0 saturated heterocycles. The molecular formula is C16H34IN3O. The van der Waals surface area contributed by atoms with Crippen LogP contribution in [0.1, 0.15) is 52.9 Å². The number of hydrogen-bond acceptors (Lipinski definition) is 2. The first-order valence-corrected chi connectivity index (χ1v) is 8.28. The first-order valence-electron chi connectivity index (χ1n) is 8.28. The predicted octanol–water partition coefficient (Wildman–Crippen LogP) is 3.00. The maximum atomic E-state index is 9.04. The van der Waals surface area contributed by atoms with Crippen LogP contribution in [0, 0.1) is 17.8 Å². The first kappa shape index (κ1) is 21.0. The second-order valence-electron chi connectivity index (χ2n) is 6.36. The summed E-state index contributed by atoms with van der Waals surface area (Å²) in [6.07, 6.45) is 6.82. The lowest BCUT2D eigenvalue weighted by atomic mass is 9.81. The summed E-state index contributed by atoms with van der Waals surface area (Å²) in [5.41, 5.74) is 0. The van der Waals surface area contributed by atoms with Crippen LogP contribution in [-0.4, -0.2) is 37.3 Å². The Hall–Kier alpha value is -0.0400. The Morgan fingerprint density at radius 3 is 2.71 bits per heavy atom. The van der Waals surface area contributed by atoms with Crippen molar-refractivity contribution in [2.45, 2.75) is 52.9 Å². The number of rotatable bonds is 7. The van der Waals surface area contributed by atoms with E-state index in [4.69, 9.17) is 5.11 Å². The number of halogens is 1. The minimum atomic E-state index is 0. The second-order valence-corrected chi connectivity index (χ2v) is 6.36. The van der Waals surface area contributed by atoms with Crippen LogP contribution in [-0.2, 0) is 0 Å². The van der Waals surface area contributed by atoms with Gasteiger partial charge in [0.2, 0.25) is 0 Å². The van der Waals surface area contributed by atoms with Gasteiger partial charge in [-0.05, 0) is 37.5 Å². The molecule has 0 amide bonds. The van der Waals surface area contributed by atoms with Crippen LogP contribution < -0.4 is 10.6 Å². The number of nitrogens with one attached hydrogen (secondary N) is 2. The molecule has 0 aromatic carbocycles. The number of aliphatic hydroxyl groups is 1. The van der Waals surface area contributed by atoms with Gasteiger partial charge in [-0.15, -0.1) is 24.0 Å². The van der Waals surface area contributed by atoms with Crippen LogP contribution >= 0.6 is 24.0 Å². The van der Waals surface area contributed by atoms with Crippen molar-refractivity contribution >= 4 is 29.9 Å². The summed E-state index contributed by atoms with van der Waals surface area (Å²) in [6, 6.07) is 0. The molecule has 0 heterocycles. The van der Waals surface area contributed by atoms with E-state index in [1.165, 1.54) is 32.1 Å². The van der Waals surface area contributed by atoms with E-state index in [1.54, 1.807) is 0 Å². The quantitative estimate of drug-likeness (QED) is 0.343. The van der Waals surface area contributed by atoms with Crippen LogP contribution in [0.4, 0.5) is 0 Å². The van der Waals surface area contributed by atoms with Gasteiger partial charge in [0.05, 0.1) is 0 Å². The van der Waals surface area contributed by atoms with E-state index in [9.17, 15) is 0 Å². The van der Waals surface area contributed by atoms with Crippen LogP contribution in [0.15, 0.2) is 4.99 Å². The molecule has 1 saturated carbocycles. The van der Waals surface area contributed by atoms with Crippen LogP contribution in [0.3, 0.4) is 0 Å². The Labute approximate surface area is 147 Å². The second kappa shape index (κ2) is 12.5. The maximum absolute atomic E-state index is 9.04. The molecule has 0 aliphatic heterocycles. The lowest BCUT2D eigenvalue weighted by Gasteiger charge is -2.26. The summed E-state index contributed by atoms with van der Waals surface area (Å²) in [6.45, 7) is 9.21. The highest BCUT2D eigenvalue weighted by Crippen LogP contribution is 2.30. The summed E-state index contributed by atoms with van der Waals surface area (Å²) in [5.74, 6) is 2.90. The highest BCUT2D eigenvalue weighted by molar-refractivity contribution is 14.0. The zero-order valence-corrected chi connectivity index (χ0v) is 16.2. The molecule has 3 N–H and O–H groups in total. The molecule has 4 nitrogen and oxygen atoms in total. The van der Waals surface area contributed by atoms with Crippen molar-refractivity contribution in [1.29, 1.82) is 0 Å². The largest absolute Gasteiger partial charge is 0.396 e. The number of hydrogen-bond donors (Lipinski definition) is 3. The third-order valence-corrected chi connectivity index (χ3v) is 4.11. The third kappa shape index (κ3) is 9.55. The van der Waals surface area contributed by atoms with Crippen LogP contribution in [0.25, 0.3) is 0 Å². The molecule has 0 bridgehead atoms. The molecule has 1 aliphatic rings. The molecule has 0 spiro atoms. The highest BCUT2D eigenvalue weighted by Gasteiger charge is 2.18. The number of nitrogens with zero attached hydrogens (tertiary/aromatic N) is 1. The molecular weight excluding hydrogens is 377 g/mol. The zero-order valence-electron chi connectivity index (χ0n) is 13.9. The molecule has 3 atom stereocenters. The van der Waals surface area contributed by atoms with Crippen molar-refractivity contribution in [2.75, 3.05) is 26.2 Å². The topological polar surface area (TPSA) is 56.7 Å². The number of guanidine groups is 1.